The molecule has 17 heavy (non-hydrogen) atoms. The molecular formula is C12H15N3O2. The summed E-state index contributed by atoms with van der Waals surface area (Å²) in [6, 6.07) is 9.03. The molecule has 1 rings (SSSR count). The number of carbonyl (C=O) groups is 1. The predicted molar refractivity (Wildman–Crippen MR) is 64.5 cm³/mol. The minimum absolute atomic E-state index is 0.0632. The highest BCUT2D eigenvalue weighted by atomic mass is 16.3. The molecule has 0 spiro atoms. The molecule has 1 amide bonds. The first-order valence-corrected chi connectivity index (χ1v) is 5.26. The van der Waals surface area contributed by atoms with Crippen LogP contribution in [0.4, 0.5) is 5.69 Å². The van der Waals surface area contributed by atoms with E-state index in [0.29, 0.717) is 5.56 Å². The minimum Gasteiger partial charge on any atom is -0.395 e. The molecule has 0 unspecified atom stereocenters. The van der Waals surface area contributed by atoms with E-state index in [0.717, 1.165) is 5.69 Å². The molecule has 0 fully saturated rings. The van der Waals surface area contributed by atoms with Crippen molar-refractivity contribution in [1.82, 2.24) is 5.32 Å². The molecule has 0 saturated heterocycles. The van der Waals surface area contributed by atoms with Gasteiger partial charge in [0, 0.05) is 19.3 Å². The lowest BCUT2D eigenvalue weighted by Crippen LogP contribution is -2.36. The van der Waals surface area contributed by atoms with Crippen LogP contribution >= 0.6 is 0 Å². The van der Waals surface area contributed by atoms with Crippen LogP contribution < -0.4 is 10.2 Å². The summed E-state index contributed by atoms with van der Waals surface area (Å²) in [5, 5.41) is 19.8. The first-order valence-electron chi connectivity index (χ1n) is 5.26. The zero-order chi connectivity index (χ0) is 12.7. The second-order valence-electron chi connectivity index (χ2n) is 3.59. The largest absolute Gasteiger partial charge is 0.395 e. The Morgan fingerprint density at radius 1 is 1.47 bits per heavy atom. The van der Waals surface area contributed by atoms with Crippen LogP contribution in [0.25, 0.3) is 0 Å². The van der Waals surface area contributed by atoms with E-state index in [-0.39, 0.29) is 25.6 Å². The molecular weight excluding hydrogens is 218 g/mol. The van der Waals surface area contributed by atoms with Crippen LogP contribution in [0, 0.1) is 11.3 Å². The maximum absolute atomic E-state index is 11.4. The monoisotopic (exact) mass is 233 g/mol. The third-order valence-electron chi connectivity index (χ3n) is 2.25. The number of nitrogens with zero attached hydrogens (tertiary/aromatic N) is 2. The van der Waals surface area contributed by atoms with Crippen molar-refractivity contribution >= 4 is 11.6 Å². The van der Waals surface area contributed by atoms with Gasteiger partial charge in [-0.3, -0.25) is 4.79 Å². The fraction of sp³-hybridized carbons (Fsp3) is 0.333. The standard InChI is InChI=1S/C12H15N3O2/c1-15(9-12(17)14-6-7-16)11-4-2-10(8-13)3-5-11/h2-5,16H,6-7,9H2,1H3,(H,14,17). The van der Waals surface area contributed by atoms with Crippen molar-refractivity contribution < 1.29 is 9.90 Å². The fourth-order valence-electron chi connectivity index (χ4n) is 1.35. The van der Waals surface area contributed by atoms with E-state index >= 15 is 0 Å². The third kappa shape index (κ3) is 4.13. The smallest absolute Gasteiger partial charge is 0.239 e. The summed E-state index contributed by atoms with van der Waals surface area (Å²) in [6.07, 6.45) is 0. The van der Waals surface area contributed by atoms with Crippen molar-refractivity contribution in [3.8, 4) is 6.07 Å². The molecule has 1 aromatic rings. The lowest BCUT2D eigenvalue weighted by atomic mass is 10.2. The van der Waals surface area contributed by atoms with Gasteiger partial charge in [0.05, 0.1) is 24.8 Å². The van der Waals surface area contributed by atoms with Gasteiger partial charge in [0.25, 0.3) is 0 Å². The van der Waals surface area contributed by atoms with E-state index < -0.39 is 0 Å². The Balaban J connectivity index is 2.54. The molecule has 2 N–H and O–H groups in total. The number of rotatable bonds is 5. The van der Waals surface area contributed by atoms with Gasteiger partial charge in [-0.05, 0) is 24.3 Å². The Kier molecular flexibility index (Phi) is 4.98. The first kappa shape index (κ1) is 13.0. The lowest BCUT2D eigenvalue weighted by Gasteiger charge is -2.18. The van der Waals surface area contributed by atoms with Gasteiger partial charge in [0.1, 0.15) is 0 Å². The number of hydrogen-bond donors (Lipinski definition) is 2. The molecule has 90 valence electrons. The second kappa shape index (κ2) is 6.51. The zero-order valence-electron chi connectivity index (χ0n) is 9.68. The van der Waals surface area contributed by atoms with E-state index in [1.807, 2.05) is 6.07 Å². The summed E-state index contributed by atoms with van der Waals surface area (Å²) < 4.78 is 0. The Morgan fingerprint density at radius 3 is 2.65 bits per heavy atom. The molecule has 1 aromatic carbocycles. The van der Waals surface area contributed by atoms with Gasteiger partial charge in [-0.25, -0.2) is 0 Å². The summed E-state index contributed by atoms with van der Waals surface area (Å²) in [7, 11) is 1.79. The highest BCUT2D eigenvalue weighted by Gasteiger charge is 2.06. The summed E-state index contributed by atoms with van der Waals surface area (Å²) in [6.45, 7) is 0.415. The van der Waals surface area contributed by atoms with Gasteiger partial charge in [0.2, 0.25) is 5.91 Å². The number of carbonyl (C=O) groups excluding carboxylic acids is 1. The van der Waals surface area contributed by atoms with Crippen LogP contribution in [0.15, 0.2) is 24.3 Å². The Labute approximate surface area is 100 Å². The maximum Gasteiger partial charge on any atom is 0.239 e. The van der Waals surface area contributed by atoms with E-state index in [1.54, 1.807) is 36.2 Å². The number of aliphatic hydroxyl groups excluding tert-OH is 1. The quantitative estimate of drug-likeness (QED) is 0.756. The SMILES string of the molecule is CN(CC(=O)NCCO)c1ccc(C#N)cc1. The molecule has 0 aliphatic heterocycles. The molecule has 5 nitrogen and oxygen atoms in total. The summed E-state index contributed by atoms with van der Waals surface area (Å²) in [5.41, 5.74) is 1.45. The molecule has 0 heterocycles. The van der Waals surface area contributed by atoms with Crippen molar-refractivity contribution in [2.45, 2.75) is 0 Å². The first-order chi connectivity index (χ1) is 8.17. The molecule has 5 heteroatoms. The van der Waals surface area contributed by atoms with Gasteiger partial charge in [0.15, 0.2) is 0 Å². The van der Waals surface area contributed by atoms with Crippen molar-refractivity contribution in [1.29, 1.82) is 5.26 Å². The minimum atomic E-state index is -0.147. The van der Waals surface area contributed by atoms with Crippen molar-refractivity contribution in [2.24, 2.45) is 0 Å². The van der Waals surface area contributed by atoms with Gasteiger partial charge >= 0.3 is 0 Å². The highest BCUT2D eigenvalue weighted by molar-refractivity contribution is 5.81. The van der Waals surface area contributed by atoms with E-state index in [9.17, 15) is 4.79 Å². The van der Waals surface area contributed by atoms with E-state index in [2.05, 4.69) is 5.32 Å². The normalized spacial score (nSPS) is 9.47. The van der Waals surface area contributed by atoms with Crippen LogP contribution in [0.2, 0.25) is 0 Å². The lowest BCUT2D eigenvalue weighted by molar-refractivity contribution is -0.119. The average molecular weight is 233 g/mol. The third-order valence-corrected chi connectivity index (χ3v) is 2.25. The van der Waals surface area contributed by atoms with Crippen molar-refractivity contribution in [3.05, 3.63) is 29.8 Å². The number of nitriles is 1. The number of hydrogen-bond acceptors (Lipinski definition) is 4. The highest BCUT2D eigenvalue weighted by Crippen LogP contribution is 2.12. The van der Waals surface area contributed by atoms with Crippen LogP contribution in [0.5, 0.6) is 0 Å². The zero-order valence-corrected chi connectivity index (χ0v) is 9.68. The van der Waals surface area contributed by atoms with Crippen LogP contribution in [-0.4, -0.2) is 37.8 Å². The van der Waals surface area contributed by atoms with Gasteiger partial charge < -0.3 is 15.3 Å². The number of aliphatic hydroxyl groups is 1. The number of amides is 1. The number of nitrogens with one attached hydrogen (secondary N) is 1. The van der Waals surface area contributed by atoms with Gasteiger partial charge in [-0.1, -0.05) is 0 Å². The predicted octanol–water partition coefficient (Wildman–Crippen LogP) is 0.103. The van der Waals surface area contributed by atoms with Crippen molar-refractivity contribution in [3.63, 3.8) is 0 Å². The van der Waals surface area contributed by atoms with E-state index in [1.165, 1.54) is 0 Å². The number of likely N-dealkylation sites (N-methyl/N-ethyl adjacent to an activating group) is 1. The Bertz CT molecular complexity index is 409. The van der Waals surface area contributed by atoms with Crippen LogP contribution in [0.1, 0.15) is 5.56 Å². The molecule has 0 saturated carbocycles. The molecule has 0 aliphatic carbocycles. The molecule has 0 atom stereocenters. The molecule has 0 bridgehead atoms. The Hall–Kier alpha value is -2.06. The molecule has 0 aliphatic rings. The Morgan fingerprint density at radius 2 is 2.12 bits per heavy atom. The summed E-state index contributed by atoms with van der Waals surface area (Å²) >= 11 is 0. The number of anilines is 1. The summed E-state index contributed by atoms with van der Waals surface area (Å²) in [5.74, 6) is -0.147. The van der Waals surface area contributed by atoms with Gasteiger partial charge in [-0.2, -0.15) is 5.26 Å². The summed E-state index contributed by atoms with van der Waals surface area (Å²) in [4.78, 5) is 13.2. The van der Waals surface area contributed by atoms with Crippen molar-refractivity contribution in [2.75, 3.05) is 31.6 Å². The van der Waals surface area contributed by atoms with Gasteiger partial charge in [-0.15, -0.1) is 0 Å². The topological polar surface area (TPSA) is 76.4 Å². The second-order valence-corrected chi connectivity index (χ2v) is 3.59. The average Bonchev–Trinajstić information content (AvgIpc) is 2.36. The molecule has 0 aromatic heterocycles. The number of benzene rings is 1. The van der Waals surface area contributed by atoms with Crippen LogP contribution in [0.3, 0.4) is 0 Å². The fourth-order valence-corrected chi connectivity index (χ4v) is 1.35. The van der Waals surface area contributed by atoms with Crippen LogP contribution in [-0.2, 0) is 4.79 Å². The maximum atomic E-state index is 11.4. The van der Waals surface area contributed by atoms with E-state index in [4.69, 9.17) is 10.4 Å². The molecule has 0 radical (unpaired) electrons.